The van der Waals surface area contributed by atoms with Crippen molar-refractivity contribution in [3.63, 3.8) is 0 Å². The molecular weight excluding hydrogens is 286 g/mol. The number of rotatable bonds is 4. The number of amides is 1. The minimum atomic E-state index is 0.155. The van der Waals surface area contributed by atoms with E-state index in [0.717, 1.165) is 43.7 Å². The smallest absolute Gasteiger partial charge is 0.219 e. The summed E-state index contributed by atoms with van der Waals surface area (Å²) >= 11 is 0. The van der Waals surface area contributed by atoms with Gasteiger partial charge >= 0.3 is 0 Å². The Morgan fingerprint density at radius 3 is 3.04 bits per heavy atom. The molecule has 1 aromatic heterocycles. The molecule has 2 aromatic rings. The summed E-state index contributed by atoms with van der Waals surface area (Å²) in [5.74, 6) is 0.155. The monoisotopic (exact) mass is 311 g/mol. The molecule has 0 saturated carbocycles. The second-order valence-corrected chi connectivity index (χ2v) is 6.44. The van der Waals surface area contributed by atoms with Gasteiger partial charge in [-0.2, -0.15) is 0 Å². The molecule has 0 spiro atoms. The summed E-state index contributed by atoms with van der Waals surface area (Å²) in [5.41, 5.74) is 3.46. The summed E-state index contributed by atoms with van der Waals surface area (Å²) < 4.78 is 0. The summed E-state index contributed by atoms with van der Waals surface area (Å²) in [6, 6.07) is 10.8. The number of benzene rings is 1. The third-order valence-corrected chi connectivity index (χ3v) is 4.52. The Bertz CT molecular complexity index is 698. The van der Waals surface area contributed by atoms with Crippen LogP contribution in [0.25, 0.3) is 10.9 Å². The summed E-state index contributed by atoms with van der Waals surface area (Å²) in [6.45, 7) is 6.90. The largest absolute Gasteiger partial charge is 0.352 e. The zero-order valence-electron chi connectivity index (χ0n) is 14.0. The van der Waals surface area contributed by atoms with Crippen molar-refractivity contribution in [3.05, 3.63) is 41.6 Å². The van der Waals surface area contributed by atoms with Crippen LogP contribution in [0.2, 0.25) is 0 Å². The lowest BCUT2D eigenvalue weighted by Crippen LogP contribution is -2.47. The molecule has 1 aliphatic rings. The third-order valence-electron chi connectivity index (χ3n) is 4.52. The second kappa shape index (κ2) is 7.09. The lowest BCUT2D eigenvalue weighted by atomic mass is 10.0. The van der Waals surface area contributed by atoms with Gasteiger partial charge in [-0.05, 0) is 44.0 Å². The van der Waals surface area contributed by atoms with Gasteiger partial charge in [0.25, 0.3) is 0 Å². The zero-order valence-corrected chi connectivity index (χ0v) is 14.0. The lowest BCUT2D eigenvalue weighted by Gasteiger charge is -2.33. The highest BCUT2D eigenvalue weighted by Gasteiger charge is 2.21. The van der Waals surface area contributed by atoms with E-state index in [-0.39, 0.29) is 11.9 Å². The molecule has 1 N–H and O–H groups in total. The van der Waals surface area contributed by atoms with Crippen LogP contribution in [0.1, 0.15) is 37.4 Å². The van der Waals surface area contributed by atoms with Gasteiger partial charge in [0.1, 0.15) is 0 Å². The fraction of sp³-hybridized carbons (Fsp3) is 0.474. The van der Waals surface area contributed by atoms with Gasteiger partial charge < -0.3 is 5.32 Å². The standard InChI is InChI=1S/C19H25N3O/c1-3-19(23)21-16-7-6-10-22(13-16)12-15-11-14(2)20-18-9-5-4-8-17(15)18/h4-5,8-9,11,16H,3,6-7,10,12-13H2,1-2H3,(H,21,23)/t16-/m0/s1. The topological polar surface area (TPSA) is 45.2 Å². The first kappa shape index (κ1) is 15.9. The van der Waals surface area contributed by atoms with E-state index >= 15 is 0 Å². The molecule has 122 valence electrons. The lowest BCUT2D eigenvalue weighted by molar-refractivity contribution is -0.121. The number of hydrogen-bond acceptors (Lipinski definition) is 3. The van der Waals surface area contributed by atoms with Crippen LogP contribution in [0, 0.1) is 6.92 Å². The Balaban J connectivity index is 1.75. The fourth-order valence-electron chi connectivity index (χ4n) is 3.41. The molecule has 4 heteroatoms. The molecule has 0 bridgehead atoms. The number of pyridine rings is 1. The summed E-state index contributed by atoms with van der Waals surface area (Å²) in [5, 5.41) is 4.37. The Labute approximate surface area is 137 Å². The minimum Gasteiger partial charge on any atom is -0.352 e. The number of para-hydroxylation sites is 1. The van der Waals surface area contributed by atoms with Crippen LogP contribution in [-0.4, -0.2) is 34.9 Å². The van der Waals surface area contributed by atoms with Gasteiger partial charge in [0.15, 0.2) is 0 Å². The van der Waals surface area contributed by atoms with Crippen LogP contribution in [0.5, 0.6) is 0 Å². The van der Waals surface area contributed by atoms with Crippen LogP contribution in [0.4, 0.5) is 0 Å². The minimum absolute atomic E-state index is 0.155. The number of aromatic nitrogens is 1. The molecule has 4 nitrogen and oxygen atoms in total. The molecular formula is C19H25N3O. The van der Waals surface area contributed by atoms with Gasteiger partial charge in [0.2, 0.25) is 5.91 Å². The second-order valence-electron chi connectivity index (χ2n) is 6.44. The van der Waals surface area contributed by atoms with Crippen molar-refractivity contribution in [2.75, 3.05) is 13.1 Å². The van der Waals surface area contributed by atoms with Crippen molar-refractivity contribution in [3.8, 4) is 0 Å². The van der Waals surface area contributed by atoms with Crippen molar-refractivity contribution in [1.82, 2.24) is 15.2 Å². The van der Waals surface area contributed by atoms with Gasteiger partial charge in [0, 0.05) is 36.6 Å². The quantitative estimate of drug-likeness (QED) is 0.944. The molecule has 3 rings (SSSR count). The van der Waals surface area contributed by atoms with E-state index in [9.17, 15) is 4.79 Å². The number of piperidine rings is 1. The molecule has 1 fully saturated rings. The zero-order chi connectivity index (χ0) is 16.2. The predicted octanol–water partition coefficient (Wildman–Crippen LogP) is 3.03. The van der Waals surface area contributed by atoms with E-state index in [4.69, 9.17) is 0 Å². The Kier molecular flexibility index (Phi) is 4.91. The number of carbonyl (C=O) groups is 1. The number of nitrogens with one attached hydrogen (secondary N) is 1. The molecule has 1 amide bonds. The number of aryl methyl sites for hydroxylation is 1. The number of hydrogen-bond donors (Lipinski definition) is 1. The maximum Gasteiger partial charge on any atom is 0.219 e. The summed E-state index contributed by atoms with van der Waals surface area (Å²) in [7, 11) is 0. The molecule has 1 aromatic carbocycles. The SMILES string of the molecule is CCC(=O)N[C@H]1CCCN(Cc2cc(C)nc3ccccc23)C1. The maximum atomic E-state index is 11.6. The molecule has 1 atom stereocenters. The van der Waals surface area contributed by atoms with Crippen LogP contribution < -0.4 is 5.32 Å². The number of nitrogens with zero attached hydrogens (tertiary/aromatic N) is 2. The van der Waals surface area contributed by atoms with E-state index in [1.54, 1.807) is 0 Å². The molecule has 0 radical (unpaired) electrons. The third kappa shape index (κ3) is 3.88. The summed E-state index contributed by atoms with van der Waals surface area (Å²) in [6.07, 6.45) is 2.78. The average Bonchev–Trinajstić information content (AvgIpc) is 2.55. The van der Waals surface area contributed by atoms with Crippen LogP contribution in [-0.2, 0) is 11.3 Å². The molecule has 1 aliphatic heterocycles. The van der Waals surface area contributed by atoms with E-state index < -0.39 is 0 Å². The predicted molar refractivity (Wildman–Crippen MR) is 93.2 cm³/mol. The van der Waals surface area contributed by atoms with Crippen molar-refractivity contribution in [2.24, 2.45) is 0 Å². The number of likely N-dealkylation sites (tertiary alicyclic amines) is 1. The number of fused-ring (bicyclic) bond motifs is 1. The molecule has 2 heterocycles. The van der Waals surface area contributed by atoms with Gasteiger partial charge in [-0.1, -0.05) is 25.1 Å². The highest BCUT2D eigenvalue weighted by atomic mass is 16.1. The maximum absolute atomic E-state index is 11.6. The first-order chi connectivity index (χ1) is 11.2. The van der Waals surface area contributed by atoms with Crippen molar-refractivity contribution >= 4 is 16.8 Å². The van der Waals surface area contributed by atoms with Crippen LogP contribution in [0.3, 0.4) is 0 Å². The van der Waals surface area contributed by atoms with E-state index in [2.05, 4.69) is 46.4 Å². The molecule has 23 heavy (non-hydrogen) atoms. The van der Waals surface area contributed by atoms with Crippen LogP contribution >= 0.6 is 0 Å². The van der Waals surface area contributed by atoms with Crippen LogP contribution in [0.15, 0.2) is 30.3 Å². The Hall–Kier alpha value is -1.94. The first-order valence-electron chi connectivity index (χ1n) is 8.52. The normalized spacial score (nSPS) is 19.0. The van der Waals surface area contributed by atoms with E-state index in [0.29, 0.717) is 6.42 Å². The highest BCUT2D eigenvalue weighted by Crippen LogP contribution is 2.21. The van der Waals surface area contributed by atoms with Gasteiger partial charge in [0.05, 0.1) is 5.52 Å². The first-order valence-corrected chi connectivity index (χ1v) is 8.52. The summed E-state index contributed by atoms with van der Waals surface area (Å²) in [4.78, 5) is 18.7. The highest BCUT2D eigenvalue weighted by molar-refractivity contribution is 5.82. The van der Waals surface area contributed by atoms with Gasteiger partial charge in [-0.3, -0.25) is 14.7 Å². The number of carbonyl (C=O) groups excluding carboxylic acids is 1. The molecule has 1 saturated heterocycles. The Morgan fingerprint density at radius 2 is 2.22 bits per heavy atom. The van der Waals surface area contributed by atoms with Gasteiger partial charge in [-0.25, -0.2) is 0 Å². The van der Waals surface area contributed by atoms with Crippen molar-refractivity contribution < 1.29 is 4.79 Å². The molecule has 0 aliphatic carbocycles. The molecule has 0 unspecified atom stereocenters. The van der Waals surface area contributed by atoms with E-state index in [1.807, 2.05) is 13.0 Å². The van der Waals surface area contributed by atoms with E-state index in [1.165, 1.54) is 10.9 Å². The van der Waals surface area contributed by atoms with Crippen molar-refractivity contribution in [1.29, 1.82) is 0 Å². The fourth-order valence-corrected chi connectivity index (χ4v) is 3.41. The van der Waals surface area contributed by atoms with Crippen molar-refractivity contribution in [2.45, 2.75) is 45.7 Å². The Morgan fingerprint density at radius 1 is 1.39 bits per heavy atom. The van der Waals surface area contributed by atoms with Gasteiger partial charge in [-0.15, -0.1) is 0 Å². The average molecular weight is 311 g/mol.